The van der Waals surface area contributed by atoms with Crippen LogP contribution < -0.4 is 5.32 Å². The lowest BCUT2D eigenvalue weighted by molar-refractivity contribution is -0.140. The molecule has 4 aromatic rings. The third kappa shape index (κ3) is 8.43. The molecule has 0 radical (unpaired) electrons. The first-order valence-electron chi connectivity index (χ1n) is 12.5. The van der Waals surface area contributed by atoms with Crippen LogP contribution in [0.25, 0.3) is 0 Å². The van der Waals surface area contributed by atoms with Crippen molar-refractivity contribution >= 4 is 39.5 Å². The predicted octanol–water partition coefficient (Wildman–Crippen LogP) is 6.10. The topological polar surface area (TPSA) is 97.7 Å². The first-order chi connectivity index (χ1) is 19.5. The van der Waals surface area contributed by atoms with Crippen LogP contribution in [-0.2, 0) is 47.9 Å². The summed E-state index contributed by atoms with van der Waals surface area (Å²) in [5.74, 6) is -2.69. The zero-order chi connectivity index (χ0) is 29.6. The summed E-state index contributed by atoms with van der Waals surface area (Å²) in [6, 6.07) is 7.77. The van der Waals surface area contributed by atoms with Gasteiger partial charge >= 0.3 is 6.18 Å². The van der Waals surface area contributed by atoms with Gasteiger partial charge < -0.3 is 5.32 Å². The van der Waals surface area contributed by atoms with E-state index in [1.54, 1.807) is 25.1 Å². The van der Waals surface area contributed by atoms with Gasteiger partial charge in [0.05, 0.1) is 18.4 Å². The van der Waals surface area contributed by atoms with Crippen molar-refractivity contribution in [2.75, 3.05) is 5.32 Å². The van der Waals surface area contributed by atoms with Crippen molar-refractivity contribution < 1.29 is 31.5 Å². The van der Waals surface area contributed by atoms with E-state index >= 15 is 0 Å². The standard InChI is InChI=1S/C27H24F5N5O2S2/c1-15-6-4-7-17(24(15)28)13-20(39)33-26-37-35-22(41-26)11-3-2-10-21-34-36-23(40-21)14-18(38)12-16-8-5-9-19(25(16)29)27(30,31)32/h4-9H,2-3,10-14H2,1H3,(H,33,37,39). The Morgan fingerprint density at radius 2 is 1.39 bits per heavy atom. The molecule has 41 heavy (non-hydrogen) atoms. The minimum atomic E-state index is -4.84. The SMILES string of the molecule is Cc1cccc(CC(=O)Nc2nnc(CCCCc3nnc(CC(=O)Cc4cccc(C(F)(F)F)c4F)s3)s2)c1F. The van der Waals surface area contributed by atoms with Crippen LogP contribution in [0.1, 0.15) is 50.1 Å². The van der Waals surface area contributed by atoms with Crippen molar-refractivity contribution in [3.63, 3.8) is 0 Å². The molecule has 0 unspecified atom stereocenters. The highest BCUT2D eigenvalue weighted by Gasteiger charge is 2.35. The van der Waals surface area contributed by atoms with Gasteiger partial charge in [-0.05, 0) is 42.5 Å². The van der Waals surface area contributed by atoms with Gasteiger partial charge in [-0.25, -0.2) is 8.78 Å². The molecule has 0 fully saturated rings. The lowest BCUT2D eigenvalue weighted by Crippen LogP contribution is -2.15. The fourth-order valence-electron chi connectivity index (χ4n) is 3.98. The molecule has 0 aliphatic heterocycles. The number of rotatable bonds is 12. The highest BCUT2D eigenvalue weighted by Crippen LogP contribution is 2.32. The Morgan fingerprint density at radius 1 is 0.780 bits per heavy atom. The van der Waals surface area contributed by atoms with Crippen LogP contribution in [0.4, 0.5) is 27.1 Å². The smallest absolute Gasteiger partial charge is 0.300 e. The molecule has 2 aromatic carbocycles. The summed E-state index contributed by atoms with van der Waals surface area (Å²) in [6.07, 6.45) is -2.87. The quantitative estimate of drug-likeness (QED) is 0.154. The maximum Gasteiger partial charge on any atom is 0.419 e. The number of halogens is 5. The van der Waals surface area contributed by atoms with Gasteiger partial charge in [0.1, 0.15) is 32.4 Å². The van der Waals surface area contributed by atoms with Crippen LogP contribution in [0, 0.1) is 18.6 Å². The number of Topliss-reactive ketones (excluding diaryl/α,β-unsaturated/α-hetero) is 1. The largest absolute Gasteiger partial charge is 0.419 e. The average molecular weight is 610 g/mol. The molecule has 0 aliphatic carbocycles. The van der Waals surface area contributed by atoms with Crippen LogP contribution in [0.5, 0.6) is 0 Å². The molecule has 0 atom stereocenters. The molecule has 4 rings (SSSR count). The maximum atomic E-state index is 14.2. The molecule has 14 heteroatoms. The lowest BCUT2D eigenvalue weighted by Gasteiger charge is -2.10. The Labute approximate surface area is 239 Å². The highest BCUT2D eigenvalue weighted by molar-refractivity contribution is 7.15. The van der Waals surface area contributed by atoms with Crippen molar-refractivity contribution in [1.82, 2.24) is 20.4 Å². The van der Waals surface area contributed by atoms with Gasteiger partial charge in [0, 0.05) is 19.3 Å². The first-order valence-corrected chi connectivity index (χ1v) is 14.2. The van der Waals surface area contributed by atoms with Crippen LogP contribution in [-0.4, -0.2) is 32.1 Å². The Kier molecular flexibility index (Phi) is 9.86. The van der Waals surface area contributed by atoms with E-state index in [0.29, 0.717) is 45.2 Å². The maximum absolute atomic E-state index is 14.2. The summed E-state index contributed by atoms with van der Waals surface area (Å²) in [5, 5.41) is 20.9. The molecule has 0 aliphatic rings. The van der Waals surface area contributed by atoms with Crippen LogP contribution in [0.15, 0.2) is 36.4 Å². The first kappa shape index (κ1) is 30.3. The van der Waals surface area contributed by atoms with E-state index in [2.05, 4.69) is 25.7 Å². The molecular weight excluding hydrogens is 585 g/mol. The Hall–Kier alpha value is -3.65. The summed E-state index contributed by atoms with van der Waals surface area (Å²) >= 11 is 2.47. The second-order valence-electron chi connectivity index (χ2n) is 9.24. The number of hydrogen-bond acceptors (Lipinski definition) is 8. The molecule has 2 heterocycles. The molecule has 0 spiro atoms. The number of aromatic nitrogens is 4. The van der Waals surface area contributed by atoms with Crippen LogP contribution in [0.2, 0.25) is 0 Å². The summed E-state index contributed by atoms with van der Waals surface area (Å²) in [7, 11) is 0. The van der Waals surface area contributed by atoms with Gasteiger partial charge in [0.15, 0.2) is 0 Å². The molecule has 2 aromatic heterocycles. The molecule has 216 valence electrons. The molecule has 1 amide bonds. The van der Waals surface area contributed by atoms with Gasteiger partial charge in [-0.2, -0.15) is 13.2 Å². The number of alkyl halides is 3. The highest BCUT2D eigenvalue weighted by atomic mass is 32.1. The van der Waals surface area contributed by atoms with Crippen molar-refractivity contribution in [2.24, 2.45) is 0 Å². The second-order valence-corrected chi connectivity index (χ2v) is 11.4. The minimum absolute atomic E-state index is 0.111. The van der Waals surface area contributed by atoms with E-state index in [1.165, 1.54) is 22.7 Å². The van der Waals surface area contributed by atoms with E-state index < -0.39 is 35.6 Å². The predicted molar refractivity (Wildman–Crippen MR) is 144 cm³/mol. The summed E-state index contributed by atoms with van der Waals surface area (Å²) < 4.78 is 67.0. The van der Waals surface area contributed by atoms with E-state index in [-0.39, 0.29) is 24.3 Å². The van der Waals surface area contributed by atoms with E-state index in [4.69, 9.17) is 0 Å². The van der Waals surface area contributed by atoms with Crippen LogP contribution in [0.3, 0.4) is 0 Å². The van der Waals surface area contributed by atoms with Gasteiger partial charge in [-0.3, -0.25) is 9.59 Å². The lowest BCUT2D eigenvalue weighted by atomic mass is 10.0. The third-order valence-corrected chi connectivity index (χ3v) is 7.88. The molecule has 1 N–H and O–H groups in total. The Balaban J connectivity index is 1.19. The van der Waals surface area contributed by atoms with Crippen molar-refractivity contribution in [3.05, 3.63) is 85.3 Å². The second kappa shape index (κ2) is 13.3. The van der Waals surface area contributed by atoms with Crippen molar-refractivity contribution in [2.45, 2.75) is 58.0 Å². The van der Waals surface area contributed by atoms with Gasteiger partial charge in [0.2, 0.25) is 11.0 Å². The van der Waals surface area contributed by atoms with E-state index in [9.17, 15) is 31.5 Å². The fourth-order valence-corrected chi connectivity index (χ4v) is 5.69. The number of ketones is 1. The number of carbonyl (C=O) groups excluding carboxylic acids is 2. The minimum Gasteiger partial charge on any atom is -0.300 e. The number of aryl methyl sites for hydroxylation is 3. The third-order valence-electron chi connectivity index (χ3n) is 6.00. The molecule has 0 saturated carbocycles. The zero-order valence-corrected chi connectivity index (χ0v) is 23.4. The number of hydrogen-bond donors (Lipinski definition) is 1. The van der Waals surface area contributed by atoms with Gasteiger partial charge in [0.25, 0.3) is 0 Å². The molecular formula is C27H24F5N5O2S2. The Bertz CT molecular complexity index is 1540. The monoisotopic (exact) mass is 609 g/mol. The summed E-state index contributed by atoms with van der Waals surface area (Å²) in [5.41, 5.74) is -0.932. The molecule has 0 saturated heterocycles. The van der Waals surface area contributed by atoms with Gasteiger partial charge in [-0.1, -0.05) is 41.7 Å². The summed E-state index contributed by atoms with van der Waals surface area (Å²) in [6.45, 7) is 1.63. The molecule has 0 bridgehead atoms. The van der Waals surface area contributed by atoms with Crippen LogP contribution >= 0.6 is 22.7 Å². The zero-order valence-electron chi connectivity index (χ0n) is 21.7. The number of anilines is 1. The molecule has 7 nitrogen and oxygen atoms in total. The fraction of sp³-hybridized carbons (Fsp3) is 0.333. The number of unbranched alkanes of at least 4 members (excludes halogenated alkanes) is 1. The number of benzene rings is 2. The summed E-state index contributed by atoms with van der Waals surface area (Å²) in [4.78, 5) is 24.6. The average Bonchev–Trinajstić information content (AvgIpc) is 3.54. The number of nitrogens with one attached hydrogen (secondary N) is 1. The Morgan fingerprint density at radius 3 is 2.10 bits per heavy atom. The number of amides is 1. The van der Waals surface area contributed by atoms with E-state index in [1.807, 2.05) is 0 Å². The van der Waals surface area contributed by atoms with Crippen molar-refractivity contribution in [3.8, 4) is 0 Å². The normalized spacial score (nSPS) is 11.6. The number of nitrogens with zero attached hydrogens (tertiary/aromatic N) is 4. The van der Waals surface area contributed by atoms with Crippen molar-refractivity contribution in [1.29, 1.82) is 0 Å². The van der Waals surface area contributed by atoms with E-state index in [0.717, 1.165) is 30.0 Å². The van der Waals surface area contributed by atoms with Gasteiger partial charge in [-0.15, -0.1) is 31.7 Å². The number of carbonyl (C=O) groups is 2.